The van der Waals surface area contributed by atoms with Crippen LogP contribution in [0.2, 0.25) is 0 Å². The van der Waals surface area contributed by atoms with Gasteiger partial charge in [-0.05, 0) is 11.6 Å². The minimum atomic E-state index is -0.253. The zero-order valence-corrected chi connectivity index (χ0v) is 13.2. The van der Waals surface area contributed by atoms with Crippen molar-refractivity contribution in [2.75, 3.05) is 0 Å². The first-order valence-electron chi connectivity index (χ1n) is 7.49. The van der Waals surface area contributed by atoms with Crippen molar-refractivity contribution < 1.29 is 15.0 Å². The van der Waals surface area contributed by atoms with Gasteiger partial charge < -0.3 is 10.2 Å². The van der Waals surface area contributed by atoms with Crippen molar-refractivity contribution in [2.24, 2.45) is 5.92 Å². The highest BCUT2D eigenvalue weighted by atomic mass is 16.3. The molecule has 0 aliphatic heterocycles. The fraction of sp³-hybridized carbons (Fsp3) is 0.150. The largest absolute Gasteiger partial charge is 0.508 e. The van der Waals surface area contributed by atoms with Gasteiger partial charge in [0.05, 0.1) is 0 Å². The van der Waals surface area contributed by atoms with Crippen molar-refractivity contribution in [3.63, 3.8) is 0 Å². The molecule has 0 unspecified atom stereocenters. The lowest BCUT2D eigenvalue weighted by Gasteiger charge is -2.10. The molecule has 0 heterocycles. The first kappa shape index (κ1) is 16.6. The van der Waals surface area contributed by atoms with Crippen LogP contribution in [0.15, 0.2) is 66.4 Å². The van der Waals surface area contributed by atoms with E-state index < -0.39 is 0 Å². The molecule has 23 heavy (non-hydrogen) atoms. The zero-order valence-electron chi connectivity index (χ0n) is 13.2. The predicted octanol–water partition coefficient (Wildman–Crippen LogP) is 5.02. The second kappa shape index (κ2) is 7.45. The van der Waals surface area contributed by atoms with E-state index in [0.29, 0.717) is 11.1 Å². The number of carbonyl (C=O) groups excluding carboxylic acids is 1. The molecular formula is C20H20O3. The third-order valence-corrected chi connectivity index (χ3v) is 3.46. The molecule has 0 fully saturated rings. The number of ketones is 1. The molecule has 2 aromatic rings. The van der Waals surface area contributed by atoms with Crippen molar-refractivity contribution in [1.29, 1.82) is 0 Å². The van der Waals surface area contributed by atoms with Gasteiger partial charge in [-0.3, -0.25) is 4.79 Å². The van der Waals surface area contributed by atoms with Gasteiger partial charge in [0.25, 0.3) is 0 Å². The Bertz CT molecular complexity index is 740. The standard InChI is InChI=1S/C20H20O3/c1-14(2)19(22)20(23)17-11-7-6-10-16(17)18(21)13-12-15-8-4-3-5-9-15/h3-14,22-23H,1-2H3/b13-12+,20-19+. The van der Waals surface area contributed by atoms with E-state index in [-0.39, 0.29) is 23.2 Å². The van der Waals surface area contributed by atoms with Gasteiger partial charge in [-0.25, -0.2) is 0 Å². The summed E-state index contributed by atoms with van der Waals surface area (Å²) >= 11 is 0. The van der Waals surface area contributed by atoms with Crippen LogP contribution in [0.3, 0.4) is 0 Å². The molecule has 0 spiro atoms. The van der Waals surface area contributed by atoms with Crippen LogP contribution in [-0.2, 0) is 0 Å². The summed E-state index contributed by atoms with van der Waals surface area (Å²) in [6.45, 7) is 3.54. The molecule has 0 amide bonds. The summed E-state index contributed by atoms with van der Waals surface area (Å²) in [6.07, 6.45) is 3.19. The van der Waals surface area contributed by atoms with E-state index in [1.165, 1.54) is 6.08 Å². The maximum atomic E-state index is 12.4. The van der Waals surface area contributed by atoms with Crippen LogP contribution in [-0.4, -0.2) is 16.0 Å². The van der Waals surface area contributed by atoms with Crippen LogP contribution in [0.5, 0.6) is 0 Å². The number of hydrogen-bond donors (Lipinski definition) is 2. The third-order valence-electron chi connectivity index (χ3n) is 3.46. The second-order valence-electron chi connectivity index (χ2n) is 5.54. The van der Waals surface area contributed by atoms with E-state index in [0.717, 1.165) is 5.56 Å². The van der Waals surface area contributed by atoms with Gasteiger partial charge in [0.1, 0.15) is 5.76 Å². The van der Waals surface area contributed by atoms with E-state index in [1.807, 2.05) is 30.3 Å². The minimum absolute atomic E-state index is 0.128. The number of benzene rings is 2. The van der Waals surface area contributed by atoms with Gasteiger partial charge in [0.15, 0.2) is 11.5 Å². The maximum Gasteiger partial charge on any atom is 0.186 e. The molecule has 3 nitrogen and oxygen atoms in total. The molecule has 0 atom stereocenters. The molecule has 2 aromatic carbocycles. The fourth-order valence-corrected chi connectivity index (χ4v) is 2.14. The highest BCUT2D eigenvalue weighted by Crippen LogP contribution is 2.23. The molecule has 0 saturated heterocycles. The lowest BCUT2D eigenvalue weighted by Crippen LogP contribution is -2.04. The van der Waals surface area contributed by atoms with Crippen LogP contribution in [0.4, 0.5) is 0 Å². The van der Waals surface area contributed by atoms with Gasteiger partial charge in [0.2, 0.25) is 0 Å². The molecule has 2 N–H and O–H groups in total. The first-order chi connectivity index (χ1) is 11.0. The van der Waals surface area contributed by atoms with Gasteiger partial charge in [-0.2, -0.15) is 0 Å². The van der Waals surface area contributed by atoms with Gasteiger partial charge >= 0.3 is 0 Å². The van der Waals surface area contributed by atoms with E-state index >= 15 is 0 Å². The van der Waals surface area contributed by atoms with Crippen LogP contribution in [0.1, 0.15) is 35.3 Å². The molecule has 0 aromatic heterocycles. The van der Waals surface area contributed by atoms with Crippen LogP contribution < -0.4 is 0 Å². The van der Waals surface area contributed by atoms with E-state index in [1.54, 1.807) is 44.2 Å². The number of aliphatic hydroxyl groups excluding tert-OH is 2. The Morgan fingerprint density at radius 3 is 2.09 bits per heavy atom. The molecule has 2 rings (SSSR count). The van der Waals surface area contributed by atoms with Gasteiger partial charge in [-0.1, -0.05) is 74.5 Å². The van der Waals surface area contributed by atoms with E-state index in [2.05, 4.69) is 0 Å². The minimum Gasteiger partial charge on any atom is -0.508 e. The Hall–Kier alpha value is -2.81. The Labute approximate surface area is 136 Å². The van der Waals surface area contributed by atoms with Crippen LogP contribution in [0.25, 0.3) is 11.8 Å². The smallest absolute Gasteiger partial charge is 0.186 e. The number of aliphatic hydroxyl groups is 2. The maximum absolute atomic E-state index is 12.4. The van der Waals surface area contributed by atoms with Crippen molar-refractivity contribution in [3.8, 4) is 0 Å². The summed E-state index contributed by atoms with van der Waals surface area (Å²) in [5, 5.41) is 20.2. The predicted molar refractivity (Wildman–Crippen MR) is 93.3 cm³/mol. The van der Waals surface area contributed by atoms with Crippen molar-refractivity contribution in [3.05, 3.63) is 83.1 Å². The van der Waals surface area contributed by atoms with Gasteiger partial charge in [-0.15, -0.1) is 0 Å². The Morgan fingerprint density at radius 1 is 0.913 bits per heavy atom. The van der Waals surface area contributed by atoms with Crippen molar-refractivity contribution >= 4 is 17.6 Å². The average molecular weight is 308 g/mol. The van der Waals surface area contributed by atoms with Crippen molar-refractivity contribution in [2.45, 2.75) is 13.8 Å². The lowest BCUT2D eigenvalue weighted by molar-refractivity contribution is 0.104. The molecule has 0 aliphatic carbocycles. The van der Waals surface area contributed by atoms with Crippen LogP contribution in [0, 0.1) is 5.92 Å². The van der Waals surface area contributed by atoms with Crippen LogP contribution >= 0.6 is 0 Å². The number of carbonyl (C=O) groups is 1. The summed E-state index contributed by atoms with van der Waals surface area (Å²) in [4.78, 5) is 12.4. The normalized spacial score (nSPS) is 12.5. The number of allylic oxidation sites excluding steroid dienone is 2. The molecule has 118 valence electrons. The summed E-state index contributed by atoms with van der Waals surface area (Å²) in [5.74, 6) is -0.833. The third kappa shape index (κ3) is 4.10. The summed E-state index contributed by atoms with van der Waals surface area (Å²) in [6, 6.07) is 16.2. The van der Waals surface area contributed by atoms with E-state index in [4.69, 9.17) is 0 Å². The Kier molecular flexibility index (Phi) is 5.36. The quantitative estimate of drug-likeness (QED) is 0.463. The molecular weight excluding hydrogens is 288 g/mol. The average Bonchev–Trinajstić information content (AvgIpc) is 2.59. The topological polar surface area (TPSA) is 57.5 Å². The molecule has 0 saturated carbocycles. The Balaban J connectivity index is 2.36. The number of rotatable bonds is 5. The zero-order chi connectivity index (χ0) is 16.8. The monoisotopic (exact) mass is 308 g/mol. The highest BCUT2D eigenvalue weighted by molar-refractivity contribution is 6.09. The SMILES string of the molecule is CC(C)/C(O)=C(\O)c1ccccc1C(=O)/C=C/c1ccccc1. The first-order valence-corrected chi connectivity index (χ1v) is 7.49. The molecule has 0 aliphatic rings. The summed E-state index contributed by atoms with van der Waals surface area (Å²) in [5.41, 5.74) is 1.61. The molecule has 0 radical (unpaired) electrons. The number of hydrogen-bond acceptors (Lipinski definition) is 3. The van der Waals surface area contributed by atoms with Gasteiger partial charge in [0, 0.05) is 17.0 Å². The Morgan fingerprint density at radius 2 is 1.48 bits per heavy atom. The molecule has 3 heteroatoms. The highest BCUT2D eigenvalue weighted by Gasteiger charge is 2.16. The molecule has 0 bridgehead atoms. The lowest BCUT2D eigenvalue weighted by atomic mass is 9.98. The fourth-order valence-electron chi connectivity index (χ4n) is 2.14. The second-order valence-corrected chi connectivity index (χ2v) is 5.54. The summed E-state index contributed by atoms with van der Waals surface area (Å²) < 4.78 is 0. The summed E-state index contributed by atoms with van der Waals surface area (Å²) in [7, 11) is 0. The van der Waals surface area contributed by atoms with E-state index in [9.17, 15) is 15.0 Å². The van der Waals surface area contributed by atoms with Crippen molar-refractivity contribution in [1.82, 2.24) is 0 Å².